The molecule has 1 unspecified atom stereocenters. The molecule has 0 aliphatic heterocycles. The molecule has 2 aromatic rings. The number of thiazole rings is 1. The van der Waals surface area contributed by atoms with Gasteiger partial charge in [0.05, 0.1) is 8.40 Å². The van der Waals surface area contributed by atoms with E-state index in [-0.39, 0.29) is 9.74 Å². The largest absolute Gasteiger partial charge is 0.248 e. The highest BCUT2D eigenvalue weighted by atomic mass is 127. The lowest BCUT2D eigenvalue weighted by atomic mass is 10.1. The molecule has 15 heavy (non-hydrogen) atoms. The van der Waals surface area contributed by atoms with E-state index in [2.05, 4.69) is 43.5 Å². The first-order valence-electron chi connectivity index (χ1n) is 4.17. The topological polar surface area (TPSA) is 12.9 Å². The minimum absolute atomic E-state index is 0.180. The predicted octanol–water partition coefficient (Wildman–Crippen LogP) is 4.57. The zero-order valence-electron chi connectivity index (χ0n) is 7.45. The zero-order valence-corrected chi connectivity index (χ0v) is 12.0. The molecule has 1 atom stereocenters. The van der Waals surface area contributed by atoms with E-state index in [1.165, 1.54) is 6.07 Å². The van der Waals surface area contributed by atoms with Crippen LogP contribution < -0.4 is 0 Å². The molecule has 0 N–H and O–H groups in total. The summed E-state index contributed by atoms with van der Waals surface area (Å²) in [6, 6.07) is 5.06. The molecular formula is C10H6BrFINS. The van der Waals surface area contributed by atoms with Gasteiger partial charge < -0.3 is 0 Å². The summed E-state index contributed by atoms with van der Waals surface area (Å²) >= 11 is 7.09. The maximum atomic E-state index is 13.0. The number of benzene rings is 1. The third kappa shape index (κ3) is 2.57. The van der Waals surface area contributed by atoms with E-state index in [1.54, 1.807) is 29.7 Å². The van der Waals surface area contributed by atoms with Crippen molar-refractivity contribution in [1.29, 1.82) is 0 Å². The highest BCUT2D eigenvalue weighted by Crippen LogP contribution is 2.34. The third-order valence-electron chi connectivity index (χ3n) is 1.90. The summed E-state index contributed by atoms with van der Waals surface area (Å²) < 4.78 is 13.7. The molecule has 1 aromatic heterocycles. The van der Waals surface area contributed by atoms with Crippen molar-refractivity contribution < 1.29 is 4.39 Å². The average molecular weight is 398 g/mol. The van der Waals surface area contributed by atoms with E-state index in [9.17, 15) is 4.39 Å². The van der Waals surface area contributed by atoms with Gasteiger partial charge in [-0.05, 0) is 33.6 Å². The summed E-state index contributed by atoms with van der Waals surface area (Å²) in [6.07, 6.45) is 1.78. The Bertz CT molecular complexity index is 460. The van der Waals surface area contributed by atoms with Crippen LogP contribution in [0.3, 0.4) is 0 Å². The van der Waals surface area contributed by atoms with Crippen molar-refractivity contribution in [3.8, 4) is 0 Å². The first-order valence-corrected chi connectivity index (χ1v) is 7.08. The zero-order chi connectivity index (χ0) is 10.8. The van der Waals surface area contributed by atoms with Gasteiger partial charge in [-0.2, -0.15) is 0 Å². The Morgan fingerprint density at radius 3 is 2.87 bits per heavy atom. The van der Waals surface area contributed by atoms with Crippen molar-refractivity contribution >= 4 is 49.9 Å². The van der Waals surface area contributed by atoms with Gasteiger partial charge in [0.2, 0.25) is 0 Å². The quantitative estimate of drug-likeness (QED) is 0.534. The Morgan fingerprint density at radius 2 is 2.27 bits per heavy atom. The second kappa shape index (κ2) is 4.88. The average Bonchev–Trinajstić information content (AvgIpc) is 2.74. The fourth-order valence-electron chi connectivity index (χ4n) is 1.17. The van der Waals surface area contributed by atoms with E-state index < -0.39 is 0 Å². The van der Waals surface area contributed by atoms with Crippen LogP contribution in [-0.2, 0) is 0 Å². The van der Waals surface area contributed by atoms with Crippen molar-refractivity contribution in [3.63, 3.8) is 0 Å². The van der Waals surface area contributed by atoms with Crippen LogP contribution in [0.15, 0.2) is 34.2 Å². The molecule has 1 heterocycles. The second-order valence-electron chi connectivity index (χ2n) is 2.91. The van der Waals surface area contributed by atoms with Crippen LogP contribution in [0.2, 0.25) is 0 Å². The maximum absolute atomic E-state index is 13.0. The summed E-state index contributed by atoms with van der Waals surface area (Å²) in [5.74, 6) is -0.235. The lowest BCUT2D eigenvalue weighted by molar-refractivity contribution is 0.620. The highest BCUT2D eigenvalue weighted by Gasteiger charge is 2.13. The molecule has 1 aromatic carbocycles. The van der Waals surface area contributed by atoms with Gasteiger partial charge in [0.15, 0.2) is 0 Å². The minimum Gasteiger partial charge on any atom is -0.248 e. The van der Waals surface area contributed by atoms with Gasteiger partial charge in [-0.15, -0.1) is 11.3 Å². The summed E-state index contributed by atoms with van der Waals surface area (Å²) in [7, 11) is 0. The van der Waals surface area contributed by atoms with Gasteiger partial charge >= 0.3 is 0 Å². The fraction of sp³-hybridized carbons (Fsp3) is 0.100. The van der Waals surface area contributed by atoms with E-state index in [4.69, 9.17) is 0 Å². The molecule has 0 saturated heterocycles. The summed E-state index contributed by atoms with van der Waals surface area (Å²) in [6.45, 7) is 0. The number of halogens is 3. The first kappa shape index (κ1) is 11.5. The molecule has 78 valence electrons. The van der Waals surface area contributed by atoms with Crippen molar-refractivity contribution in [2.75, 3.05) is 0 Å². The van der Waals surface area contributed by atoms with Crippen LogP contribution in [0.5, 0.6) is 0 Å². The molecule has 0 radical (unpaired) electrons. The van der Waals surface area contributed by atoms with Gasteiger partial charge in [0, 0.05) is 11.6 Å². The number of rotatable bonds is 2. The van der Waals surface area contributed by atoms with E-state index in [0.717, 1.165) is 10.6 Å². The smallest absolute Gasteiger partial charge is 0.137 e. The Morgan fingerprint density at radius 1 is 1.47 bits per heavy atom. The number of hydrogen-bond donors (Lipinski definition) is 0. The number of nitrogens with zero attached hydrogens (tertiary/aromatic N) is 1. The van der Waals surface area contributed by atoms with E-state index >= 15 is 0 Å². The number of aromatic nitrogens is 1. The molecule has 0 amide bonds. The summed E-state index contributed by atoms with van der Waals surface area (Å²) in [5, 5.41) is 2.98. The minimum atomic E-state index is -0.235. The second-order valence-corrected chi connectivity index (χ2v) is 5.93. The van der Waals surface area contributed by atoms with E-state index in [0.29, 0.717) is 4.47 Å². The molecule has 0 fully saturated rings. The van der Waals surface area contributed by atoms with Crippen molar-refractivity contribution in [2.45, 2.75) is 3.92 Å². The lowest BCUT2D eigenvalue weighted by Crippen LogP contribution is -1.92. The van der Waals surface area contributed by atoms with Gasteiger partial charge in [0.1, 0.15) is 10.8 Å². The standard InChI is InChI=1S/C10H6BrFINS/c11-7-5-6(1-2-8(7)12)9(13)10-14-3-4-15-10/h1-5,9H. The monoisotopic (exact) mass is 397 g/mol. The molecule has 1 nitrogen and oxygen atoms in total. The van der Waals surface area contributed by atoms with Crippen LogP contribution in [0.25, 0.3) is 0 Å². The number of alkyl halides is 1. The maximum Gasteiger partial charge on any atom is 0.137 e. The molecule has 0 aliphatic carbocycles. The molecule has 2 rings (SSSR count). The van der Waals surface area contributed by atoms with Crippen molar-refractivity contribution in [1.82, 2.24) is 4.98 Å². The van der Waals surface area contributed by atoms with Crippen LogP contribution in [-0.4, -0.2) is 4.98 Å². The van der Waals surface area contributed by atoms with Crippen LogP contribution in [0.1, 0.15) is 14.5 Å². The van der Waals surface area contributed by atoms with Crippen molar-refractivity contribution in [2.24, 2.45) is 0 Å². The molecule has 0 aliphatic rings. The van der Waals surface area contributed by atoms with Gasteiger partial charge in [-0.3, -0.25) is 0 Å². The molecule has 0 saturated carbocycles. The predicted molar refractivity (Wildman–Crippen MR) is 72.1 cm³/mol. The van der Waals surface area contributed by atoms with Gasteiger partial charge in [0.25, 0.3) is 0 Å². The van der Waals surface area contributed by atoms with Gasteiger partial charge in [-0.25, -0.2) is 9.37 Å². The Balaban J connectivity index is 2.34. The Hall–Kier alpha value is -0.0100. The molecular weight excluding hydrogens is 392 g/mol. The summed E-state index contributed by atoms with van der Waals surface area (Å²) in [5.41, 5.74) is 1.05. The van der Waals surface area contributed by atoms with Crippen molar-refractivity contribution in [3.05, 3.63) is 50.6 Å². The summed E-state index contributed by atoms with van der Waals surface area (Å²) in [4.78, 5) is 4.25. The highest BCUT2D eigenvalue weighted by molar-refractivity contribution is 14.1. The third-order valence-corrected chi connectivity index (χ3v) is 5.08. The number of hydrogen-bond acceptors (Lipinski definition) is 2. The molecule has 0 spiro atoms. The van der Waals surface area contributed by atoms with Crippen LogP contribution in [0.4, 0.5) is 4.39 Å². The van der Waals surface area contributed by atoms with Crippen LogP contribution >= 0.6 is 49.9 Å². The SMILES string of the molecule is Fc1ccc(C(I)c2nccs2)cc1Br. The van der Waals surface area contributed by atoms with E-state index in [1.807, 2.05) is 5.38 Å². The lowest BCUT2D eigenvalue weighted by Gasteiger charge is -2.07. The molecule has 0 bridgehead atoms. The van der Waals surface area contributed by atoms with Gasteiger partial charge in [-0.1, -0.05) is 28.7 Å². The first-order chi connectivity index (χ1) is 7.18. The Labute approximate surface area is 113 Å². The fourth-order valence-corrected chi connectivity index (χ4v) is 3.20. The van der Waals surface area contributed by atoms with Crippen LogP contribution in [0, 0.1) is 5.82 Å². The molecule has 5 heteroatoms. The normalized spacial score (nSPS) is 12.7. The Kier molecular flexibility index (Phi) is 3.73.